The Hall–Kier alpha value is -3.64. The summed E-state index contributed by atoms with van der Waals surface area (Å²) in [5, 5.41) is 43.8. The molecule has 0 aliphatic rings. The van der Waals surface area contributed by atoms with E-state index in [2.05, 4.69) is 5.32 Å². The van der Waals surface area contributed by atoms with E-state index < -0.39 is 66.0 Å². The first-order valence-electron chi connectivity index (χ1n) is 11.1. The Morgan fingerprint density at radius 3 is 1.37 bits per heavy atom. The van der Waals surface area contributed by atoms with Crippen LogP contribution >= 0.6 is 0 Å². The minimum atomic E-state index is -3.87. The van der Waals surface area contributed by atoms with Crippen molar-refractivity contribution in [3.05, 3.63) is 29.8 Å². The van der Waals surface area contributed by atoms with Gasteiger partial charge >= 0.3 is 23.9 Å². The standard InChI is InChI=1S/C21H31N5O11S/c22-38(36,37)16-3-1-15(2-4-16)9-23-17(27)10-24(5-7-25(11-18(28)29)12-19(30)31)6-8-26(13-20(32)33)14-21(34)35/h1-4H,5-14H2,(H,23,27)(H,28,29)(H,30,31)(H,32,33)(H,34,35)(H2,22,36,37). The van der Waals surface area contributed by atoms with Crippen LogP contribution in [-0.2, 0) is 40.5 Å². The Labute approximate surface area is 218 Å². The second-order valence-electron chi connectivity index (χ2n) is 8.24. The topological polar surface area (TPSA) is 248 Å². The van der Waals surface area contributed by atoms with E-state index in [1.54, 1.807) is 0 Å². The van der Waals surface area contributed by atoms with Gasteiger partial charge in [0.15, 0.2) is 0 Å². The summed E-state index contributed by atoms with van der Waals surface area (Å²) in [4.78, 5) is 60.5. The Morgan fingerprint density at radius 1 is 0.658 bits per heavy atom. The summed E-state index contributed by atoms with van der Waals surface area (Å²) in [5.74, 6) is -5.50. The summed E-state index contributed by atoms with van der Waals surface area (Å²) in [6, 6.07) is 5.48. The average Bonchev–Trinajstić information content (AvgIpc) is 2.77. The highest BCUT2D eigenvalue weighted by molar-refractivity contribution is 7.89. The molecule has 0 heterocycles. The van der Waals surface area contributed by atoms with Gasteiger partial charge in [-0.25, -0.2) is 13.6 Å². The quantitative estimate of drug-likeness (QED) is 0.0998. The van der Waals surface area contributed by atoms with Gasteiger partial charge in [0.05, 0.1) is 37.6 Å². The van der Waals surface area contributed by atoms with Crippen molar-refractivity contribution in [3.8, 4) is 0 Å². The lowest BCUT2D eigenvalue weighted by Crippen LogP contribution is -2.47. The minimum Gasteiger partial charge on any atom is -0.480 e. The number of nitrogens with one attached hydrogen (secondary N) is 1. The number of primary sulfonamides is 1. The largest absolute Gasteiger partial charge is 0.480 e. The number of aliphatic carboxylic acids is 4. The summed E-state index contributed by atoms with van der Waals surface area (Å²) in [6.45, 7) is -2.55. The maximum Gasteiger partial charge on any atom is 0.317 e. The lowest BCUT2D eigenvalue weighted by atomic mass is 10.2. The third kappa shape index (κ3) is 14.2. The molecule has 17 heteroatoms. The number of nitrogens with two attached hydrogens (primary N) is 1. The second-order valence-corrected chi connectivity index (χ2v) is 9.80. The highest BCUT2D eigenvalue weighted by atomic mass is 32.2. The molecule has 1 amide bonds. The molecule has 0 spiro atoms. The van der Waals surface area contributed by atoms with Crippen molar-refractivity contribution in [1.82, 2.24) is 20.0 Å². The molecule has 0 saturated heterocycles. The summed E-state index contributed by atoms with van der Waals surface area (Å²) >= 11 is 0. The molecule has 0 saturated carbocycles. The fourth-order valence-corrected chi connectivity index (χ4v) is 3.80. The first kappa shape index (κ1) is 32.4. The second kappa shape index (κ2) is 15.6. The number of carbonyl (C=O) groups is 5. The van der Waals surface area contributed by atoms with Gasteiger partial charge in [-0.1, -0.05) is 12.1 Å². The van der Waals surface area contributed by atoms with E-state index in [0.717, 1.165) is 9.80 Å². The van der Waals surface area contributed by atoms with Crippen LogP contribution in [-0.4, -0.2) is 132 Å². The van der Waals surface area contributed by atoms with Gasteiger partial charge in [-0.05, 0) is 17.7 Å². The smallest absolute Gasteiger partial charge is 0.317 e. The van der Waals surface area contributed by atoms with Crippen LogP contribution in [0.15, 0.2) is 29.2 Å². The zero-order valence-corrected chi connectivity index (χ0v) is 21.2. The molecule has 0 atom stereocenters. The molecule has 16 nitrogen and oxygen atoms in total. The monoisotopic (exact) mass is 561 g/mol. The Balaban J connectivity index is 2.88. The number of hydrogen-bond donors (Lipinski definition) is 6. The molecule has 7 N–H and O–H groups in total. The van der Waals surface area contributed by atoms with Crippen LogP contribution < -0.4 is 10.5 Å². The minimum absolute atomic E-state index is 0.0189. The van der Waals surface area contributed by atoms with E-state index in [1.165, 1.54) is 29.2 Å². The highest BCUT2D eigenvalue weighted by Gasteiger charge is 2.19. The van der Waals surface area contributed by atoms with Crippen molar-refractivity contribution in [2.45, 2.75) is 11.4 Å². The fraction of sp³-hybridized carbons (Fsp3) is 0.476. The lowest BCUT2D eigenvalue weighted by Gasteiger charge is -2.28. The molecular weight excluding hydrogens is 530 g/mol. The summed E-state index contributed by atoms with van der Waals surface area (Å²) < 4.78 is 22.7. The van der Waals surface area contributed by atoms with E-state index in [4.69, 9.17) is 25.6 Å². The van der Waals surface area contributed by atoms with E-state index in [0.29, 0.717) is 5.56 Å². The molecule has 0 radical (unpaired) electrons. The number of carboxylic acid groups (broad SMARTS) is 4. The van der Waals surface area contributed by atoms with Gasteiger partial charge in [-0.3, -0.25) is 38.7 Å². The maximum atomic E-state index is 12.6. The average molecular weight is 562 g/mol. The van der Waals surface area contributed by atoms with Gasteiger partial charge in [-0.2, -0.15) is 0 Å². The molecule has 212 valence electrons. The van der Waals surface area contributed by atoms with Gasteiger partial charge in [-0.15, -0.1) is 0 Å². The molecule has 0 aliphatic heterocycles. The first-order valence-corrected chi connectivity index (χ1v) is 12.6. The third-order valence-corrected chi connectivity index (χ3v) is 5.94. The van der Waals surface area contributed by atoms with E-state index in [-0.39, 0.29) is 44.2 Å². The Bertz CT molecular complexity index is 1020. The van der Waals surface area contributed by atoms with Gasteiger partial charge < -0.3 is 25.7 Å². The van der Waals surface area contributed by atoms with Crippen LogP contribution in [0.25, 0.3) is 0 Å². The van der Waals surface area contributed by atoms with Crippen molar-refractivity contribution in [1.29, 1.82) is 0 Å². The maximum absolute atomic E-state index is 12.6. The van der Waals surface area contributed by atoms with Crippen LogP contribution in [0.5, 0.6) is 0 Å². The predicted octanol–water partition coefficient (Wildman–Crippen LogP) is -2.81. The van der Waals surface area contributed by atoms with Crippen LogP contribution in [0.4, 0.5) is 0 Å². The molecule has 1 aromatic carbocycles. The SMILES string of the molecule is NS(=O)(=O)c1ccc(CNC(=O)CN(CCN(CC(=O)O)CC(=O)O)CCN(CC(=O)O)CC(=O)O)cc1. The third-order valence-electron chi connectivity index (χ3n) is 5.01. The molecule has 1 aromatic rings. The Kier molecular flexibility index (Phi) is 13.3. The number of carbonyl (C=O) groups excluding carboxylic acids is 1. The normalized spacial score (nSPS) is 11.6. The first-order chi connectivity index (χ1) is 17.6. The van der Waals surface area contributed by atoms with E-state index >= 15 is 0 Å². The highest BCUT2D eigenvalue weighted by Crippen LogP contribution is 2.08. The van der Waals surface area contributed by atoms with Gasteiger partial charge in [0.25, 0.3) is 0 Å². The van der Waals surface area contributed by atoms with Crippen LogP contribution in [0.1, 0.15) is 5.56 Å². The van der Waals surface area contributed by atoms with Gasteiger partial charge in [0, 0.05) is 32.7 Å². The number of sulfonamides is 1. The number of carboxylic acids is 4. The molecule has 0 bridgehead atoms. The summed E-state index contributed by atoms with van der Waals surface area (Å²) in [6.07, 6.45) is 0. The number of hydrogen-bond acceptors (Lipinski definition) is 10. The zero-order valence-electron chi connectivity index (χ0n) is 20.4. The zero-order chi connectivity index (χ0) is 28.9. The molecule has 0 unspecified atom stereocenters. The van der Waals surface area contributed by atoms with Crippen LogP contribution in [0.2, 0.25) is 0 Å². The fourth-order valence-electron chi connectivity index (χ4n) is 3.29. The van der Waals surface area contributed by atoms with Crippen molar-refractivity contribution in [3.63, 3.8) is 0 Å². The number of amides is 1. The van der Waals surface area contributed by atoms with Crippen molar-refractivity contribution in [2.75, 3.05) is 58.9 Å². The van der Waals surface area contributed by atoms with Crippen LogP contribution in [0.3, 0.4) is 0 Å². The van der Waals surface area contributed by atoms with E-state index in [1.807, 2.05) is 0 Å². The Morgan fingerprint density at radius 2 is 1.03 bits per heavy atom. The molecule has 0 aromatic heterocycles. The van der Waals surface area contributed by atoms with E-state index in [9.17, 15) is 32.4 Å². The molecule has 38 heavy (non-hydrogen) atoms. The lowest BCUT2D eigenvalue weighted by molar-refractivity contribution is -0.143. The number of benzene rings is 1. The van der Waals surface area contributed by atoms with Gasteiger partial charge in [0.1, 0.15) is 0 Å². The molecule has 0 aliphatic carbocycles. The molecule has 0 fully saturated rings. The summed E-state index contributed by atoms with van der Waals surface area (Å²) in [7, 11) is -3.87. The summed E-state index contributed by atoms with van der Waals surface area (Å²) in [5.41, 5.74) is 0.570. The van der Waals surface area contributed by atoms with Crippen LogP contribution in [0, 0.1) is 0 Å². The molecular formula is C21H31N5O11S. The van der Waals surface area contributed by atoms with Crippen molar-refractivity contribution in [2.24, 2.45) is 5.14 Å². The molecule has 1 rings (SSSR count). The number of nitrogens with zero attached hydrogens (tertiary/aromatic N) is 3. The predicted molar refractivity (Wildman–Crippen MR) is 130 cm³/mol. The van der Waals surface area contributed by atoms with Gasteiger partial charge in [0.2, 0.25) is 15.9 Å². The van der Waals surface area contributed by atoms with Crippen molar-refractivity contribution < 1.29 is 52.8 Å². The number of rotatable bonds is 19. The van der Waals surface area contributed by atoms with Crippen molar-refractivity contribution >= 4 is 39.8 Å².